The molecule has 0 aromatic rings. The molecule has 68 valence electrons. The monoisotopic (exact) mass is 176 g/mol. The van der Waals surface area contributed by atoms with Gasteiger partial charge in [0.05, 0.1) is 0 Å². The van der Waals surface area contributed by atoms with Gasteiger partial charge in [0.1, 0.15) is 0 Å². The minimum atomic E-state index is -4.22. The summed E-state index contributed by atoms with van der Waals surface area (Å²) in [7, 11) is 0. The van der Waals surface area contributed by atoms with Crippen LogP contribution in [0.15, 0.2) is 36.0 Å². The summed E-state index contributed by atoms with van der Waals surface area (Å²) in [5, 5.41) is 0. The summed E-state index contributed by atoms with van der Waals surface area (Å²) in [4.78, 5) is 0. The van der Waals surface area contributed by atoms with Gasteiger partial charge in [-0.3, -0.25) is 0 Å². The van der Waals surface area contributed by atoms with Crippen molar-refractivity contribution >= 4 is 0 Å². The Morgan fingerprint density at radius 3 is 2.00 bits per heavy atom. The minimum absolute atomic E-state index is 0.608. The van der Waals surface area contributed by atoms with Gasteiger partial charge in [-0.05, 0) is 13.8 Å². The second-order valence-electron chi connectivity index (χ2n) is 2.46. The van der Waals surface area contributed by atoms with Crippen molar-refractivity contribution in [2.45, 2.75) is 20.0 Å². The van der Waals surface area contributed by atoms with E-state index in [1.165, 1.54) is 12.2 Å². The molecular formula is C9H11F3. The molecule has 0 aliphatic carbocycles. The fourth-order valence-corrected chi connectivity index (χ4v) is 0.419. The van der Waals surface area contributed by atoms with Crippen molar-refractivity contribution in [2.75, 3.05) is 0 Å². The Morgan fingerprint density at radius 2 is 1.67 bits per heavy atom. The maximum Gasteiger partial charge on any atom is 0.412 e. The van der Waals surface area contributed by atoms with E-state index in [0.717, 1.165) is 13.0 Å². The lowest BCUT2D eigenvalue weighted by Crippen LogP contribution is -2.08. The van der Waals surface area contributed by atoms with Gasteiger partial charge in [0.15, 0.2) is 0 Å². The molecule has 0 bridgehead atoms. The highest BCUT2D eigenvalue weighted by atomic mass is 19.4. The summed E-state index contributed by atoms with van der Waals surface area (Å²) in [6, 6.07) is 0. The summed E-state index contributed by atoms with van der Waals surface area (Å²) in [6.45, 7) is 6.14. The van der Waals surface area contributed by atoms with E-state index in [0.29, 0.717) is 5.57 Å². The smallest absolute Gasteiger partial charge is 0.166 e. The molecule has 0 aromatic carbocycles. The lowest BCUT2D eigenvalue weighted by Gasteiger charge is -2.04. The predicted molar refractivity (Wildman–Crippen MR) is 43.8 cm³/mol. The van der Waals surface area contributed by atoms with Gasteiger partial charge < -0.3 is 0 Å². The van der Waals surface area contributed by atoms with Crippen molar-refractivity contribution in [1.82, 2.24) is 0 Å². The van der Waals surface area contributed by atoms with Crippen LogP contribution in [-0.4, -0.2) is 6.18 Å². The van der Waals surface area contributed by atoms with Gasteiger partial charge in [0.25, 0.3) is 0 Å². The van der Waals surface area contributed by atoms with E-state index in [1.54, 1.807) is 6.92 Å². The Hall–Kier alpha value is -0.990. The van der Waals surface area contributed by atoms with Crippen LogP contribution in [0.25, 0.3) is 0 Å². The highest BCUT2D eigenvalue weighted by Gasteiger charge is 2.29. The van der Waals surface area contributed by atoms with E-state index < -0.39 is 11.7 Å². The molecule has 0 N–H and O–H groups in total. The molecule has 0 amide bonds. The molecule has 0 aromatic heterocycles. The molecule has 0 spiro atoms. The molecule has 0 nitrogen and oxygen atoms in total. The fourth-order valence-electron chi connectivity index (χ4n) is 0.419. The predicted octanol–water partition coefficient (Wildman–Crippen LogP) is 3.63. The van der Waals surface area contributed by atoms with Gasteiger partial charge in [-0.1, -0.05) is 30.4 Å². The zero-order chi connectivity index (χ0) is 9.78. The van der Waals surface area contributed by atoms with E-state index in [9.17, 15) is 13.2 Å². The van der Waals surface area contributed by atoms with Crippen LogP contribution in [0.4, 0.5) is 13.2 Å². The van der Waals surface area contributed by atoms with Crippen LogP contribution < -0.4 is 0 Å². The molecule has 0 atom stereocenters. The number of hydrogen-bond acceptors (Lipinski definition) is 0. The number of allylic oxidation sites excluding steroid dienone is 5. The fraction of sp³-hybridized carbons (Fsp3) is 0.333. The third kappa shape index (κ3) is 4.01. The van der Waals surface area contributed by atoms with E-state index in [1.807, 2.05) is 0 Å². The molecule has 3 heteroatoms. The zero-order valence-electron chi connectivity index (χ0n) is 7.07. The quantitative estimate of drug-likeness (QED) is 0.563. The van der Waals surface area contributed by atoms with Crippen LogP contribution >= 0.6 is 0 Å². The van der Waals surface area contributed by atoms with Crippen LogP contribution in [0.3, 0.4) is 0 Å². The van der Waals surface area contributed by atoms with Crippen molar-refractivity contribution in [1.29, 1.82) is 0 Å². The van der Waals surface area contributed by atoms with Crippen LogP contribution in [0.1, 0.15) is 13.8 Å². The number of rotatable bonds is 2. The lowest BCUT2D eigenvalue weighted by molar-refractivity contribution is -0.0912. The molecule has 0 saturated heterocycles. The molecule has 0 aliphatic heterocycles. The van der Waals surface area contributed by atoms with Crippen LogP contribution in [-0.2, 0) is 0 Å². The number of hydrogen-bond donors (Lipinski definition) is 0. The van der Waals surface area contributed by atoms with E-state index in [-0.39, 0.29) is 0 Å². The minimum Gasteiger partial charge on any atom is -0.166 e. The lowest BCUT2D eigenvalue weighted by atomic mass is 10.2. The van der Waals surface area contributed by atoms with Crippen LogP contribution in [0.2, 0.25) is 0 Å². The maximum atomic E-state index is 11.9. The first-order chi connectivity index (χ1) is 5.38. The first-order valence-electron chi connectivity index (χ1n) is 3.42. The molecule has 0 unspecified atom stereocenters. The Bertz CT molecular complexity index is 218. The van der Waals surface area contributed by atoms with Crippen LogP contribution in [0.5, 0.6) is 0 Å². The molecular weight excluding hydrogens is 165 g/mol. The molecule has 0 fully saturated rings. The van der Waals surface area contributed by atoms with Gasteiger partial charge in [-0.25, -0.2) is 0 Å². The Kier molecular flexibility index (Phi) is 3.80. The second kappa shape index (κ2) is 4.14. The summed E-state index contributed by atoms with van der Waals surface area (Å²) in [5.41, 5.74) is 0.0994. The highest BCUT2D eigenvalue weighted by molar-refractivity contribution is 5.23. The van der Waals surface area contributed by atoms with E-state index >= 15 is 0 Å². The molecule has 0 aliphatic rings. The zero-order valence-corrected chi connectivity index (χ0v) is 7.07. The summed E-state index contributed by atoms with van der Waals surface area (Å²) < 4.78 is 35.6. The molecule has 12 heavy (non-hydrogen) atoms. The number of halogens is 3. The van der Waals surface area contributed by atoms with Crippen molar-refractivity contribution in [2.24, 2.45) is 0 Å². The van der Waals surface area contributed by atoms with E-state index in [2.05, 4.69) is 6.58 Å². The van der Waals surface area contributed by atoms with Crippen LogP contribution in [0, 0.1) is 0 Å². The Balaban J connectivity index is 4.49. The first-order valence-corrected chi connectivity index (χ1v) is 3.42. The summed E-state index contributed by atoms with van der Waals surface area (Å²) in [5.74, 6) is 0. The van der Waals surface area contributed by atoms with E-state index in [4.69, 9.17) is 0 Å². The van der Waals surface area contributed by atoms with Gasteiger partial charge in [-0.15, -0.1) is 0 Å². The van der Waals surface area contributed by atoms with Crippen molar-refractivity contribution in [3.63, 3.8) is 0 Å². The van der Waals surface area contributed by atoms with Crippen molar-refractivity contribution in [3.05, 3.63) is 36.0 Å². The average molecular weight is 176 g/mol. The summed E-state index contributed by atoms with van der Waals surface area (Å²) >= 11 is 0. The molecule has 0 heterocycles. The van der Waals surface area contributed by atoms with Crippen molar-refractivity contribution < 1.29 is 13.2 Å². The average Bonchev–Trinajstić information content (AvgIpc) is 1.97. The van der Waals surface area contributed by atoms with Gasteiger partial charge in [0, 0.05) is 5.57 Å². The standard InChI is InChI=1S/C9H11F3/c1-4-7(2)5-6-8(3)9(10,11)12/h4-6H,1H2,2-3H3/b7-5+,8-6+. The highest BCUT2D eigenvalue weighted by Crippen LogP contribution is 2.24. The number of alkyl halides is 3. The van der Waals surface area contributed by atoms with Gasteiger partial charge in [0.2, 0.25) is 0 Å². The molecule has 0 rings (SSSR count). The first kappa shape index (κ1) is 11.0. The second-order valence-corrected chi connectivity index (χ2v) is 2.46. The third-order valence-electron chi connectivity index (χ3n) is 1.37. The Labute approximate surface area is 70.1 Å². The Morgan fingerprint density at radius 1 is 1.17 bits per heavy atom. The SMILES string of the molecule is C=C/C(C)=C/C=C(\C)C(F)(F)F. The largest absolute Gasteiger partial charge is 0.412 e. The molecule has 0 radical (unpaired) electrons. The normalized spacial score (nSPS) is 14.8. The van der Waals surface area contributed by atoms with Gasteiger partial charge in [-0.2, -0.15) is 13.2 Å². The maximum absolute atomic E-state index is 11.9. The topological polar surface area (TPSA) is 0 Å². The summed E-state index contributed by atoms with van der Waals surface area (Å²) in [6.07, 6.45) is -0.301. The molecule has 0 saturated carbocycles. The third-order valence-corrected chi connectivity index (χ3v) is 1.37. The van der Waals surface area contributed by atoms with Crippen molar-refractivity contribution in [3.8, 4) is 0 Å². The van der Waals surface area contributed by atoms with Gasteiger partial charge >= 0.3 is 6.18 Å².